The third kappa shape index (κ3) is 2.90. The molecule has 1 fully saturated rings. The number of aliphatic hydroxyl groups excluding tert-OH is 1. The second-order valence-electron chi connectivity index (χ2n) is 4.94. The van der Waals surface area contributed by atoms with Gasteiger partial charge in [-0.3, -0.25) is 15.0 Å². The molecule has 2 heterocycles. The van der Waals surface area contributed by atoms with Crippen LogP contribution in [0, 0.1) is 5.92 Å². The maximum absolute atomic E-state index is 12.0. The Balaban J connectivity index is 2.37. The Hall–Kier alpha value is -1.70. The molecule has 1 saturated heterocycles. The molecule has 4 N–H and O–H groups in total. The van der Waals surface area contributed by atoms with Crippen LogP contribution in [-0.2, 0) is 9.53 Å². The summed E-state index contributed by atoms with van der Waals surface area (Å²) in [7, 11) is 1.31. The fourth-order valence-electron chi connectivity index (χ4n) is 2.69. The van der Waals surface area contributed by atoms with Gasteiger partial charge in [0.1, 0.15) is 6.23 Å². The summed E-state index contributed by atoms with van der Waals surface area (Å²) in [5.41, 5.74) is 5.85. The van der Waals surface area contributed by atoms with Gasteiger partial charge in [0.2, 0.25) is 0 Å². The largest absolute Gasteiger partial charge is 0.469 e. The van der Waals surface area contributed by atoms with Gasteiger partial charge in [-0.05, 0) is 13.0 Å². The second-order valence-corrected chi connectivity index (χ2v) is 4.94. The molecule has 1 aliphatic heterocycles. The first-order valence-corrected chi connectivity index (χ1v) is 6.48. The van der Waals surface area contributed by atoms with E-state index in [1.807, 2.05) is 6.92 Å². The molecule has 7 nitrogen and oxygen atoms in total. The average molecular weight is 281 g/mol. The summed E-state index contributed by atoms with van der Waals surface area (Å²) in [5, 5.41) is 10.0. The van der Waals surface area contributed by atoms with Gasteiger partial charge in [0, 0.05) is 29.6 Å². The van der Waals surface area contributed by atoms with E-state index in [2.05, 4.69) is 15.8 Å². The molecule has 4 atom stereocenters. The summed E-state index contributed by atoms with van der Waals surface area (Å²) in [6.07, 6.45) is 0.740. The van der Waals surface area contributed by atoms with Crippen LogP contribution in [0.3, 0.4) is 0 Å². The van der Waals surface area contributed by atoms with Crippen molar-refractivity contribution < 1.29 is 14.6 Å². The van der Waals surface area contributed by atoms with Crippen LogP contribution in [-0.4, -0.2) is 35.4 Å². The number of aromatic nitrogens is 1. The van der Waals surface area contributed by atoms with Crippen LogP contribution >= 0.6 is 0 Å². The summed E-state index contributed by atoms with van der Waals surface area (Å²) >= 11 is 0. The molecule has 0 bridgehead atoms. The van der Waals surface area contributed by atoms with Gasteiger partial charge in [0.25, 0.3) is 5.56 Å². The maximum Gasteiger partial charge on any atom is 0.306 e. The molecule has 0 aromatic carbocycles. The number of pyridine rings is 1. The van der Waals surface area contributed by atoms with Crippen molar-refractivity contribution in [3.63, 3.8) is 0 Å². The lowest BCUT2D eigenvalue weighted by molar-refractivity contribution is -0.141. The minimum absolute atomic E-state index is 0.0407. The zero-order valence-electron chi connectivity index (χ0n) is 11.4. The minimum atomic E-state index is -0.834. The van der Waals surface area contributed by atoms with Gasteiger partial charge in [-0.1, -0.05) is 6.07 Å². The van der Waals surface area contributed by atoms with Gasteiger partial charge >= 0.3 is 5.97 Å². The first-order chi connectivity index (χ1) is 9.54. The van der Waals surface area contributed by atoms with Crippen LogP contribution in [0.25, 0.3) is 0 Å². The molecule has 0 saturated carbocycles. The number of H-pyrrole nitrogens is 1. The van der Waals surface area contributed by atoms with E-state index in [4.69, 9.17) is 4.74 Å². The highest BCUT2D eigenvalue weighted by Crippen LogP contribution is 2.32. The molecule has 1 aliphatic rings. The lowest BCUT2D eigenvalue weighted by Crippen LogP contribution is -2.35. The van der Waals surface area contributed by atoms with Crippen LogP contribution in [0.2, 0.25) is 0 Å². The molecular formula is C13H19N3O4. The van der Waals surface area contributed by atoms with Crippen molar-refractivity contribution in [2.24, 2.45) is 5.92 Å². The number of esters is 1. The number of rotatable bonds is 4. The number of methoxy groups -OCH3 is 1. The summed E-state index contributed by atoms with van der Waals surface area (Å²) in [6.45, 7) is 1.88. The number of ether oxygens (including phenoxy) is 1. The van der Waals surface area contributed by atoms with Gasteiger partial charge in [0.15, 0.2) is 0 Å². The van der Waals surface area contributed by atoms with Crippen LogP contribution in [0.15, 0.2) is 23.1 Å². The predicted molar refractivity (Wildman–Crippen MR) is 71.7 cm³/mol. The number of aliphatic hydroxyl groups is 1. The van der Waals surface area contributed by atoms with E-state index in [9.17, 15) is 14.7 Å². The molecule has 7 heteroatoms. The van der Waals surface area contributed by atoms with Crippen molar-refractivity contribution in [2.45, 2.75) is 31.5 Å². The van der Waals surface area contributed by atoms with E-state index >= 15 is 0 Å². The van der Waals surface area contributed by atoms with Crippen molar-refractivity contribution in [2.75, 3.05) is 7.11 Å². The van der Waals surface area contributed by atoms with Gasteiger partial charge < -0.3 is 14.8 Å². The van der Waals surface area contributed by atoms with Gasteiger partial charge in [-0.15, -0.1) is 0 Å². The maximum atomic E-state index is 12.0. The Labute approximate surface area is 116 Å². The van der Waals surface area contributed by atoms with Crippen molar-refractivity contribution in [1.29, 1.82) is 0 Å². The number of carbonyl (C=O) groups is 1. The van der Waals surface area contributed by atoms with Crippen LogP contribution in [0.5, 0.6) is 0 Å². The molecule has 1 aromatic heterocycles. The molecule has 110 valence electrons. The molecule has 2 rings (SSSR count). The first-order valence-electron chi connectivity index (χ1n) is 6.48. The van der Waals surface area contributed by atoms with Crippen LogP contribution in [0.4, 0.5) is 0 Å². The quantitative estimate of drug-likeness (QED) is 0.552. The summed E-state index contributed by atoms with van der Waals surface area (Å²) in [6, 6.07) is 3.29. The van der Waals surface area contributed by atoms with Crippen LogP contribution in [0.1, 0.15) is 24.8 Å². The highest BCUT2D eigenvalue weighted by molar-refractivity contribution is 5.70. The number of hydrogen-bond donors (Lipinski definition) is 4. The van der Waals surface area contributed by atoms with Gasteiger partial charge in [-0.2, -0.15) is 0 Å². The summed E-state index contributed by atoms with van der Waals surface area (Å²) in [4.78, 5) is 26.2. The number of carbonyl (C=O) groups excluding carboxylic acids is 1. The van der Waals surface area contributed by atoms with Crippen molar-refractivity contribution >= 4 is 5.97 Å². The van der Waals surface area contributed by atoms with E-state index in [0.29, 0.717) is 5.56 Å². The zero-order valence-corrected chi connectivity index (χ0v) is 11.4. The average Bonchev–Trinajstić information content (AvgIpc) is 2.76. The highest BCUT2D eigenvalue weighted by Gasteiger charge is 2.40. The molecule has 4 unspecified atom stereocenters. The third-order valence-corrected chi connectivity index (χ3v) is 3.73. The molecule has 0 spiro atoms. The van der Waals surface area contributed by atoms with Crippen molar-refractivity contribution in [3.8, 4) is 0 Å². The Morgan fingerprint density at radius 1 is 1.50 bits per heavy atom. The van der Waals surface area contributed by atoms with Crippen LogP contribution < -0.4 is 16.4 Å². The lowest BCUT2D eigenvalue weighted by Gasteiger charge is -2.26. The van der Waals surface area contributed by atoms with Gasteiger partial charge in [0.05, 0.1) is 13.5 Å². The van der Waals surface area contributed by atoms with E-state index in [0.717, 1.165) is 0 Å². The van der Waals surface area contributed by atoms with E-state index < -0.39 is 18.1 Å². The summed E-state index contributed by atoms with van der Waals surface area (Å²) < 4.78 is 4.70. The van der Waals surface area contributed by atoms with E-state index in [1.165, 1.54) is 13.3 Å². The molecular weight excluding hydrogens is 262 g/mol. The topological polar surface area (TPSA) is 103 Å². The molecule has 0 aliphatic carbocycles. The monoisotopic (exact) mass is 281 g/mol. The summed E-state index contributed by atoms with van der Waals surface area (Å²) in [5.74, 6) is -1.15. The van der Waals surface area contributed by atoms with E-state index in [1.54, 1.807) is 12.1 Å². The Kier molecular flexibility index (Phi) is 4.53. The Morgan fingerprint density at radius 2 is 2.25 bits per heavy atom. The highest BCUT2D eigenvalue weighted by atomic mass is 16.5. The number of aromatic amines is 1. The molecule has 20 heavy (non-hydrogen) atoms. The van der Waals surface area contributed by atoms with E-state index in [-0.39, 0.29) is 23.9 Å². The standard InChI is InChI=1S/C13H19N3O4/c1-7-11(13(19)16-15-7)9(6-10(17)20-2)8-4-3-5-14-12(8)18/h3-5,7,9,11,13,15-16,19H,6H2,1-2H3,(H,14,18). The van der Waals surface area contributed by atoms with Gasteiger partial charge in [-0.25, -0.2) is 5.43 Å². The third-order valence-electron chi connectivity index (χ3n) is 3.73. The van der Waals surface area contributed by atoms with Crippen molar-refractivity contribution in [3.05, 3.63) is 34.2 Å². The molecule has 0 amide bonds. The number of hydrazine groups is 1. The number of nitrogens with one attached hydrogen (secondary N) is 3. The minimum Gasteiger partial charge on any atom is -0.469 e. The first kappa shape index (κ1) is 14.7. The Morgan fingerprint density at radius 3 is 2.80 bits per heavy atom. The number of hydrogen-bond acceptors (Lipinski definition) is 6. The molecule has 0 radical (unpaired) electrons. The SMILES string of the molecule is COC(=O)CC(c1ccc[nH]c1=O)C1C(C)NNC1O. The molecule has 1 aromatic rings. The van der Waals surface area contributed by atoms with Crippen molar-refractivity contribution in [1.82, 2.24) is 15.8 Å². The fraction of sp³-hybridized carbons (Fsp3) is 0.538. The fourth-order valence-corrected chi connectivity index (χ4v) is 2.69. The second kappa shape index (κ2) is 6.17. The zero-order chi connectivity index (χ0) is 14.7. The lowest BCUT2D eigenvalue weighted by atomic mass is 9.80. The Bertz CT molecular complexity index is 520. The normalized spacial score (nSPS) is 27.2. The predicted octanol–water partition coefficient (Wildman–Crippen LogP) is -0.547. The smallest absolute Gasteiger partial charge is 0.306 e.